The van der Waals surface area contributed by atoms with Crippen molar-refractivity contribution in [3.8, 4) is 11.5 Å². The summed E-state index contributed by atoms with van der Waals surface area (Å²) in [6.45, 7) is 0.751. The highest BCUT2D eigenvalue weighted by atomic mass is 16.5. The van der Waals surface area contributed by atoms with Crippen LogP contribution in [-0.2, 0) is 18.3 Å². The number of hydrogen-bond acceptors (Lipinski definition) is 8. The molecular formula is C23H24N8O2. The van der Waals surface area contributed by atoms with E-state index in [4.69, 9.17) is 4.74 Å². The number of nitrogens with zero attached hydrogens (tertiary/aromatic N) is 6. The minimum Gasteiger partial charge on any atom is -0.382 e. The zero-order valence-electron chi connectivity index (χ0n) is 18.3. The summed E-state index contributed by atoms with van der Waals surface area (Å²) >= 11 is 0. The summed E-state index contributed by atoms with van der Waals surface area (Å²) in [7, 11) is 3.47. The third-order valence-corrected chi connectivity index (χ3v) is 5.03. The molecule has 3 aromatic heterocycles. The molecule has 0 aliphatic rings. The lowest BCUT2D eigenvalue weighted by Crippen LogP contribution is -2.31. The van der Waals surface area contributed by atoms with Gasteiger partial charge in [-0.25, -0.2) is 9.97 Å². The average molecular weight is 444 g/mol. The molecular weight excluding hydrogens is 420 g/mol. The fourth-order valence-corrected chi connectivity index (χ4v) is 3.30. The molecule has 0 unspecified atom stereocenters. The maximum Gasteiger partial charge on any atom is 0.251 e. The predicted octanol–water partition coefficient (Wildman–Crippen LogP) is 2.40. The zero-order chi connectivity index (χ0) is 23.0. The molecule has 4 aromatic rings. The second-order valence-electron chi connectivity index (χ2n) is 7.26. The van der Waals surface area contributed by atoms with Crippen LogP contribution in [-0.4, -0.2) is 49.3 Å². The highest BCUT2D eigenvalue weighted by Gasteiger charge is 2.17. The number of amides is 1. The van der Waals surface area contributed by atoms with Gasteiger partial charge < -0.3 is 19.9 Å². The molecule has 0 spiro atoms. The Bertz CT molecular complexity index is 1200. The highest BCUT2D eigenvalue weighted by Crippen LogP contribution is 2.17. The molecule has 2 N–H and O–H groups in total. The van der Waals surface area contributed by atoms with Gasteiger partial charge in [0, 0.05) is 37.8 Å². The fraction of sp³-hybridized carbons (Fsp3) is 0.217. The number of methoxy groups -OCH3 is 1. The number of rotatable bonds is 9. The maximum absolute atomic E-state index is 12.9. The van der Waals surface area contributed by atoms with Crippen LogP contribution in [0.25, 0.3) is 11.5 Å². The number of benzene rings is 1. The van der Waals surface area contributed by atoms with Crippen molar-refractivity contribution in [2.75, 3.05) is 19.0 Å². The summed E-state index contributed by atoms with van der Waals surface area (Å²) in [6.07, 6.45) is 4.83. The molecule has 0 aliphatic heterocycles. The van der Waals surface area contributed by atoms with E-state index in [0.29, 0.717) is 30.2 Å². The Hall–Kier alpha value is -4.18. The van der Waals surface area contributed by atoms with E-state index in [1.807, 2.05) is 41.9 Å². The summed E-state index contributed by atoms with van der Waals surface area (Å²) < 4.78 is 7.13. The Balaban J connectivity index is 1.43. The number of carbonyl (C=O) groups is 1. The summed E-state index contributed by atoms with van der Waals surface area (Å²) in [5.41, 5.74) is 2.75. The van der Waals surface area contributed by atoms with Crippen LogP contribution in [0.4, 0.5) is 5.69 Å². The minimum absolute atomic E-state index is 0.212. The standard InChI is InChI=1S/C23H24N8O2/c1-31-21(29-30-22(31)19-9-11-24-15-27-19)13-26-17-7-5-6-16(12-17)23(32)28-20(14-33-2)18-8-3-4-10-25-18/h3-12,15,20,26H,13-14H2,1-2H3,(H,28,32)/t20-/m0/s1. The van der Waals surface area contributed by atoms with Gasteiger partial charge in [0.2, 0.25) is 0 Å². The van der Waals surface area contributed by atoms with E-state index in [-0.39, 0.29) is 11.9 Å². The summed E-state index contributed by atoms with van der Waals surface area (Å²) in [5, 5.41) is 14.8. The quantitative estimate of drug-likeness (QED) is 0.404. The van der Waals surface area contributed by atoms with Gasteiger partial charge in [-0.3, -0.25) is 9.78 Å². The summed E-state index contributed by atoms with van der Waals surface area (Å²) in [4.78, 5) is 25.4. The second kappa shape index (κ2) is 10.4. The van der Waals surface area contributed by atoms with Gasteiger partial charge in [-0.05, 0) is 36.4 Å². The summed E-state index contributed by atoms with van der Waals surface area (Å²) in [5.74, 6) is 1.17. The SMILES string of the molecule is COC[C@H](NC(=O)c1cccc(NCc2nnc(-c3ccncn3)n2C)c1)c1ccccn1. The van der Waals surface area contributed by atoms with Crippen molar-refractivity contribution in [1.82, 2.24) is 35.0 Å². The first-order valence-corrected chi connectivity index (χ1v) is 10.3. The van der Waals surface area contributed by atoms with Gasteiger partial charge >= 0.3 is 0 Å². The van der Waals surface area contributed by atoms with Crippen molar-refractivity contribution in [2.45, 2.75) is 12.6 Å². The van der Waals surface area contributed by atoms with E-state index < -0.39 is 0 Å². The van der Waals surface area contributed by atoms with E-state index in [1.54, 1.807) is 37.7 Å². The topological polar surface area (TPSA) is 120 Å². The van der Waals surface area contributed by atoms with Crippen LogP contribution < -0.4 is 10.6 Å². The lowest BCUT2D eigenvalue weighted by Gasteiger charge is -2.17. The van der Waals surface area contributed by atoms with Gasteiger partial charge in [-0.1, -0.05) is 12.1 Å². The number of hydrogen-bond donors (Lipinski definition) is 2. The molecule has 1 amide bonds. The maximum atomic E-state index is 12.9. The molecule has 0 fully saturated rings. The molecule has 33 heavy (non-hydrogen) atoms. The Morgan fingerprint density at radius 2 is 2.00 bits per heavy atom. The first kappa shape index (κ1) is 22.0. The van der Waals surface area contributed by atoms with E-state index in [9.17, 15) is 4.79 Å². The third-order valence-electron chi connectivity index (χ3n) is 5.03. The predicted molar refractivity (Wildman–Crippen MR) is 122 cm³/mol. The first-order valence-electron chi connectivity index (χ1n) is 10.3. The Labute approximate surface area is 191 Å². The number of anilines is 1. The minimum atomic E-state index is -0.348. The fourth-order valence-electron chi connectivity index (χ4n) is 3.30. The van der Waals surface area contributed by atoms with Crippen molar-refractivity contribution < 1.29 is 9.53 Å². The van der Waals surface area contributed by atoms with Gasteiger partial charge in [0.15, 0.2) is 11.6 Å². The molecule has 0 bridgehead atoms. The van der Waals surface area contributed by atoms with Crippen LogP contribution in [0.15, 0.2) is 67.3 Å². The van der Waals surface area contributed by atoms with Crippen molar-refractivity contribution in [2.24, 2.45) is 7.05 Å². The van der Waals surface area contributed by atoms with Crippen LogP contribution in [0.3, 0.4) is 0 Å². The summed E-state index contributed by atoms with van der Waals surface area (Å²) in [6, 6.07) is 14.3. The van der Waals surface area contributed by atoms with Crippen LogP contribution in [0.5, 0.6) is 0 Å². The lowest BCUT2D eigenvalue weighted by molar-refractivity contribution is 0.0894. The molecule has 168 valence electrons. The van der Waals surface area contributed by atoms with E-state index >= 15 is 0 Å². The van der Waals surface area contributed by atoms with E-state index in [0.717, 1.165) is 17.2 Å². The van der Waals surface area contributed by atoms with E-state index in [2.05, 4.69) is 35.8 Å². The molecule has 10 heteroatoms. The van der Waals surface area contributed by atoms with Crippen molar-refractivity contribution in [3.05, 3.63) is 84.3 Å². The molecule has 10 nitrogen and oxygen atoms in total. The molecule has 0 saturated heterocycles. The average Bonchev–Trinajstić information content (AvgIpc) is 3.23. The van der Waals surface area contributed by atoms with Crippen molar-refractivity contribution >= 4 is 11.6 Å². The van der Waals surface area contributed by atoms with Gasteiger partial charge in [0.1, 0.15) is 12.0 Å². The number of aromatic nitrogens is 6. The molecule has 1 aromatic carbocycles. The van der Waals surface area contributed by atoms with Gasteiger partial charge in [0.25, 0.3) is 5.91 Å². The van der Waals surface area contributed by atoms with Gasteiger partial charge in [-0.15, -0.1) is 10.2 Å². The normalized spacial score (nSPS) is 11.7. The van der Waals surface area contributed by atoms with Crippen LogP contribution in [0.2, 0.25) is 0 Å². The van der Waals surface area contributed by atoms with Crippen LogP contribution in [0.1, 0.15) is 27.9 Å². The second-order valence-corrected chi connectivity index (χ2v) is 7.26. The Kier molecular flexibility index (Phi) is 6.96. The highest BCUT2D eigenvalue weighted by molar-refractivity contribution is 5.95. The number of ether oxygens (including phenoxy) is 1. The molecule has 0 radical (unpaired) electrons. The molecule has 0 aliphatic carbocycles. The number of carbonyl (C=O) groups excluding carboxylic acids is 1. The first-order chi connectivity index (χ1) is 16.2. The van der Waals surface area contributed by atoms with E-state index in [1.165, 1.54) is 6.33 Å². The van der Waals surface area contributed by atoms with Crippen molar-refractivity contribution in [3.63, 3.8) is 0 Å². The Morgan fingerprint density at radius 1 is 1.09 bits per heavy atom. The zero-order valence-corrected chi connectivity index (χ0v) is 18.3. The molecule has 0 saturated carbocycles. The van der Waals surface area contributed by atoms with Crippen LogP contribution in [0, 0.1) is 0 Å². The van der Waals surface area contributed by atoms with Crippen LogP contribution >= 0.6 is 0 Å². The lowest BCUT2D eigenvalue weighted by atomic mass is 10.1. The Morgan fingerprint density at radius 3 is 2.76 bits per heavy atom. The third kappa shape index (κ3) is 5.36. The molecule has 3 heterocycles. The smallest absolute Gasteiger partial charge is 0.251 e. The largest absolute Gasteiger partial charge is 0.382 e. The van der Waals surface area contributed by atoms with Gasteiger partial charge in [-0.2, -0.15) is 0 Å². The number of pyridine rings is 1. The number of nitrogens with one attached hydrogen (secondary N) is 2. The monoisotopic (exact) mass is 444 g/mol. The van der Waals surface area contributed by atoms with Crippen molar-refractivity contribution in [1.29, 1.82) is 0 Å². The molecule has 1 atom stereocenters. The van der Waals surface area contributed by atoms with Gasteiger partial charge in [0.05, 0.1) is 24.9 Å². The molecule has 4 rings (SSSR count).